The molecule has 114 valence electrons. The number of sulfone groups is 1. The second-order valence-electron chi connectivity index (χ2n) is 5.26. The van der Waals surface area contributed by atoms with Crippen LogP contribution in [0, 0.1) is 0 Å². The van der Waals surface area contributed by atoms with Crippen molar-refractivity contribution in [2.24, 2.45) is 0 Å². The van der Waals surface area contributed by atoms with Crippen LogP contribution in [0.1, 0.15) is 25.0 Å². The van der Waals surface area contributed by atoms with Gasteiger partial charge in [0, 0.05) is 18.3 Å². The van der Waals surface area contributed by atoms with Gasteiger partial charge in [0.05, 0.1) is 11.3 Å². The third kappa shape index (κ3) is 5.13. The molecule has 1 rings (SSSR count). The Bertz CT molecular complexity index is 565. The number of alkyl halides is 3. The molecule has 1 N–H and O–H groups in total. The van der Waals surface area contributed by atoms with Crippen LogP contribution in [-0.4, -0.2) is 27.0 Å². The van der Waals surface area contributed by atoms with E-state index in [1.54, 1.807) is 19.9 Å². The maximum absolute atomic E-state index is 12.7. The number of hydrogen-bond donors (Lipinski definition) is 1. The minimum absolute atomic E-state index is 0.0601. The topological polar surface area (TPSA) is 46.2 Å². The van der Waals surface area contributed by atoms with Crippen LogP contribution < -0.4 is 5.32 Å². The van der Waals surface area contributed by atoms with Crippen molar-refractivity contribution in [3.63, 3.8) is 0 Å². The Morgan fingerprint density at radius 3 is 2.20 bits per heavy atom. The first-order chi connectivity index (χ1) is 8.92. The molecule has 0 unspecified atom stereocenters. The highest BCUT2D eigenvalue weighted by atomic mass is 32.2. The van der Waals surface area contributed by atoms with Crippen LogP contribution >= 0.6 is 0 Å². The van der Waals surface area contributed by atoms with E-state index in [0.717, 1.165) is 18.4 Å². The summed E-state index contributed by atoms with van der Waals surface area (Å²) in [5, 5.41) is 2.96. The van der Waals surface area contributed by atoms with Gasteiger partial charge in [-0.25, -0.2) is 8.42 Å². The van der Waals surface area contributed by atoms with Crippen molar-refractivity contribution >= 4 is 9.84 Å². The lowest BCUT2D eigenvalue weighted by Crippen LogP contribution is -2.39. The molecule has 0 aromatic heterocycles. The van der Waals surface area contributed by atoms with Crippen molar-refractivity contribution in [1.82, 2.24) is 5.32 Å². The fourth-order valence-electron chi connectivity index (χ4n) is 1.74. The third-order valence-electron chi connectivity index (χ3n) is 2.95. The van der Waals surface area contributed by atoms with Crippen molar-refractivity contribution in [1.29, 1.82) is 0 Å². The molecule has 0 bridgehead atoms. The molecular formula is C13H18F3NO2S. The van der Waals surface area contributed by atoms with E-state index < -0.39 is 27.1 Å². The Hall–Kier alpha value is -1.08. The quantitative estimate of drug-likeness (QED) is 0.909. The SMILES string of the molecule is CC(C)(NCCS(C)(=O)=O)c1cccc(C(F)(F)F)c1. The van der Waals surface area contributed by atoms with Crippen molar-refractivity contribution < 1.29 is 21.6 Å². The van der Waals surface area contributed by atoms with E-state index in [2.05, 4.69) is 5.32 Å². The molecular weight excluding hydrogens is 291 g/mol. The van der Waals surface area contributed by atoms with Crippen LogP contribution in [0.5, 0.6) is 0 Å². The smallest absolute Gasteiger partial charge is 0.307 e. The summed E-state index contributed by atoms with van der Waals surface area (Å²) in [5.74, 6) is -0.0601. The predicted molar refractivity (Wildman–Crippen MR) is 72.2 cm³/mol. The number of hydrogen-bond acceptors (Lipinski definition) is 3. The van der Waals surface area contributed by atoms with E-state index in [9.17, 15) is 21.6 Å². The second kappa shape index (κ2) is 5.73. The summed E-state index contributed by atoms with van der Waals surface area (Å²) in [6.45, 7) is 3.61. The van der Waals surface area contributed by atoms with Crippen LogP contribution in [0.25, 0.3) is 0 Å². The van der Waals surface area contributed by atoms with Gasteiger partial charge in [-0.1, -0.05) is 12.1 Å². The van der Waals surface area contributed by atoms with Gasteiger partial charge in [-0.3, -0.25) is 0 Å². The highest BCUT2D eigenvalue weighted by molar-refractivity contribution is 7.90. The van der Waals surface area contributed by atoms with Gasteiger partial charge in [0.2, 0.25) is 0 Å². The first-order valence-corrected chi connectivity index (χ1v) is 8.08. The summed E-state index contributed by atoms with van der Waals surface area (Å²) in [4.78, 5) is 0. The monoisotopic (exact) mass is 309 g/mol. The number of rotatable bonds is 5. The summed E-state index contributed by atoms with van der Waals surface area (Å²) in [6, 6.07) is 5.02. The first-order valence-electron chi connectivity index (χ1n) is 6.02. The number of nitrogens with one attached hydrogen (secondary N) is 1. The molecule has 0 aliphatic rings. The molecule has 3 nitrogen and oxygen atoms in total. The molecule has 0 spiro atoms. The first kappa shape index (κ1) is 17.0. The number of halogens is 3. The Balaban J connectivity index is 2.87. The van der Waals surface area contributed by atoms with Gasteiger partial charge in [0.25, 0.3) is 0 Å². The molecule has 1 aromatic rings. The van der Waals surface area contributed by atoms with Crippen molar-refractivity contribution in [2.45, 2.75) is 25.6 Å². The zero-order valence-corrected chi connectivity index (χ0v) is 12.4. The Kier molecular flexibility index (Phi) is 4.86. The summed E-state index contributed by atoms with van der Waals surface area (Å²) in [5.41, 5.74) is -1.000. The highest BCUT2D eigenvalue weighted by Crippen LogP contribution is 2.31. The van der Waals surface area contributed by atoms with Gasteiger partial charge in [-0.2, -0.15) is 13.2 Å². The molecule has 0 amide bonds. The van der Waals surface area contributed by atoms with E-state index in [4.69, 9.17) is 0 Å². The zero-order valence-electron chi connectivity index (χ0n) is 11.6. The van der Waals surface area contributed by atoms with Crippen LogP contribution in [-0.2, 0) is 21.6 Å². The van der Waals surface area contributed by atoms with Gasteiger partial charge in [-0.05, 0) is 31.5 Å². The molecule has 0 fully saturated rings. The van der Waals surface area contributed by atoms with Crippen molar-refractivity contribution in [3.05, 3.63) is 35.4 Å². The molecule has 0 saturated carbocycles. The maximum Gasteiger partial charge on any atom is 0.416 e. The van der Waals surface area contributed by atoms with E-state index in [1.807, 2.05) is 0 Å². The van der Waals surface area contributed by atoms with Gasteiger partial charge >= 0.3 is 6.18 Å². The Morgan fingerprint density at radius 1 is 1.15 bits per heavy atom. The maximum atomic E-state index is 12.7. The van der Waals surface area contributed by atoms with Gasteiger partial charge < -0.3 is 5.32 Å². The molecule has 0 saturated heterocycles. The molecule has 20 heavy (non-hydrogen) atoms. The van der Waals surface area contributed by atoms with Crippen LogP contribution in [0.2, 0.25) is 0 Å². The Labute approximate surface area is 117 Å². The molecule has 0 heterocycles. The van der Waals surface area contributed by atoms with Crippen LogP contribution in [0.3, 0.4) is 0 Å². The molecule has 0 radical (unpaired) electrons. The number of benzene rings is 1. The van der Waals surface area contributed by atoms with E-state index in [-0.39, 0.29) is 12.3 Å². The molecule has 7 heteroatoms. The second-order valence-corrected chi connectivity index (χ2v) is 7.52. The predicted octanol–water partition coefficient (Wildman–Crippen LogP) is 2.57. The average Bonchev–Trinajstić information content (AvgIpc) is 2.26. The standard InChI is InChI=1S/C13H18F3NO2S/c1-12(2,17-7-8-20(3,18)19)10-5-4-6-11(9-10)13(14,15)16/h4-6,9,17H,7-8H2,1-3H3. The Morgan fingerprint density at radius 2 is 1.70 bits per heavy atom. The zero-order chi connectivity index (χ0) is 15.6. The minimum Gasteiger partial charge on any atom is -0.307 e. The summed E-state index contributed by atoms with van der Waals surface area (Å²) in [7, 11) is -3.10. The molecule has 0 atom stereocenters. The molecule has 1 aromatic carbocycles. The third-order valence-corrected chi connectivity index (χ3v) is 3.90. The lowest BCUT2D eigenvalue weighted by Gasteiger charge is -2.27. The van der Waals surface area contributed by atoms with Crippen molar-refractivity contribution in [3.8, 4) is 0 Å². The minimum atomic E-state index is -4.39. The largest absolute Gasteiger partial charge is 0.416 e. The van der Waals surface area contributed by atoms with Gasteiger partial charge in [-0.15, -0.1) is 0 Å². The summed E-state index contributed by atoms with van der Waals surface area (Å²) < 4.78 is 60.1. The van der Waals surface area contributed by atoms with E-state index in [1.165, 1.54) is 6.07 Å². The van der Waals surface area contributed by atoms with Gasteiger partial charge in [0.1, 0.15) is 9.84 Å². The fraction of sp³-hybridized carbons (Fsp3) is 0.538. The lowest BCUT2D eigenvalue weighted by molar-refractivity contribution is -0.137. The van der Waals surface area contributed by atoms with Crippen LogP contribution in [0.15, 0.2) is 24.3 Å². The highest BCUT2D eigenvalue weighted by Gasteiger charge is 2.32. The van der Waals surface area contributed by atoms with E-state index >= 15 is 0 Å². The molecule has 0 aliphatic heterocycles. The van der Waals surface area contributed by atoms with E-state index in [0.29, 0.717) is 5.56 Å². The normalized spacial score (nSPS) is 13.5. The average molecular weight is 309 g/mol. The van der Waals surface area contributed by atoms with Crippen LogP contribution in [0.4, 0.5) is 13.2 Å². The van der Waals surface area contributed by atoms with Crippen molar-refractivity contribution in [2.75, 3.05) is 18.6 Å². The fourth-order valence-corrected chi connectivity index (χ4v) is 2.21. The van der Waals surface area contributed by atoms with Gasteiger partial charge in [0.15, 0.2) is 0 Å². The molecule has 0 aliphatic carbocycles. The lowest BCUT2D eigenvalue weighted by atomic mass is 9.92. The summed E-state index contributed by atoms with van der Waals surface area (Å²) >= 11 is 0. The summed E-state index contributed by atoms with van der Waals surface area (Å²) in [6.07, 6.45) is -3.27.